The maximum Gasteiger partial charge on any atom is 0.416 e. The van der Waals surface area contributed by atoms with Gasteiger partial charge in [-0.3, -0.25) is 0 Å². The van der Waals surface area contributed by atoms with Crippen LogP contribution in [0.4, 0.5) is 13.2 Å². The van der Waals surface area contributed by atoms with Crippen molar-refractivity contribution in [2.45, 2.75) is 26.6 Å². The van der Waals surface area contributed by atoms with Crippen LogP contribution in [0.1, 0.15) is 25.0 Å². The maximum absolute atomic E-state index is 12.5. The van der Waals surface area contributed by atoms with Gasteiger partial charge in [-0.25, -0.2) is 0 Å². The summed E-state index contributed by atoms with van der Waals surface area (Å²) in [5.74, 6) is 0.503. The molecule has 1 N–H and O–H groups in total. The molecule has 0 aliphatic carbocycles. The Morgan fingerprint density at radius 1 is 1.22 bits per heavy atom. The molecule has 1 nitrogen and oxygen atoms in total. The first-order valence-corrected chi connectivity index (χ1v) is 6.21. The molecule has 0 bridgehead atoms. The molecule has 0 spiro atoms. The van der Waals surface area contributed by atoms with Crippen LogP contribution in [-0.2, 0) is 12.7 Å². The van der Waals surface area contributed by atoms with Gasteiger partial charge in [-0.1, -0.05) is 32.0 Å². The minimum Gasteiger partial charge on any atom is -0.312 e. The second kappa shape index (κ2) is 5.93. The number of hydrogen-bond acceptors (Lipinski definition) is 1. The van der Waals surface area contributed by atoms with Gasteiger partial charge in [0.1, 0.15) is 0 Å². The van der Waals surface area contributed by atoms with Crippen molar-refractivity contribution in [1.82, 2.24) is 5.32 Å². The van der Waals surface area contributed by atoms with Crippen molar-refractivity contribution in [3.8, 4) is 0 Å². The largest absolute Gasteiger partial charge is 0.416 e. The smallest absolute Gasteiger partial charge is 0.312 e. The Morgan fingerprint density at radius 2 is 1.89 bits per heavy atom. The van der Waals surface area contributed by atoms with Crippen molar-refractivity contribution < 1.29 is 13.2 Å². The van der Waals surface area contributed by atoms with Crippen LogP contribution < -0.4 is 5.32 Å². The number of benzene rings is 1. The molecule has 0 amide bonds. The average molecular weight is 280 g/mol. The number of hydrogen-bond donors (Lipinski definition) is 1. The van der Waals surface area contributed by atoms with Crippen molar-refractivity contribution in [2.24, 2.45) is 5.41 Å². The molecule has 102 valence electrons. The van der Waals surface area contributed by atoms with Crippen LogP contribution in [0, 0.1) is 5.41 Å². The Balaban J connectivity index is 2.59. The molecule has 0 saturated heterocycles. The monoisotopic (exact) mass is 279 g/mol. The van der Waals surface area contributed by atoms with Gasteiger partial charge < -0.3 is 5.32 Å². The summed E-state index contributed by atoms with van der Waals surface area (Å²) in [6.45, 7) is 5.06. The zero-order chi connectivity index (χ0) is 13.8. The van der Waals surface area contributed by atoms with E-state index < -0.39 is 11.7 Å². The molecule has 1 aromatic rings. The molecule has 1 rings (SSSR count). The van der Waals surface area contributed by atoms with Crippen LogP contribution in [0.2, 0.25) is 0 Å². The molecule has 0 fully saturated rings. The Labute approximate surface area is 110 Å². The van der Waals surface area contributed by atoms with Crippen LogP contribution in [0.25, 0.3) is 0 Å². The van der Waals surface area contributed by atoms with E-state index in [0.717, 1.165) is 6.07 Å². The topological polar surface area (TPSA) is 12.0 Å². The molecule has 0 aliphatic heterocycles. The first-order valence-electron chi connectivity index (χ1n) is 5.67. The standard InChI is InChI=1S/C13H17ClF3N/c1-12(2,8-14)9-18-7-10-4-3-5-11(6-10)13(15,16)17/h3-6,18H,7-9H2,1-2H3. The van der Waals surface area contributed by atoms with E-state index in [4.69, 9.17) is 11.6 Å². The minimum absolute atomic E-state index is 0.0663. The lowest BCUT2D eigenvalue weighted by Gasteiger charge is -2.21. The van der Waals surface area contributed by atoms with Gasteiger partial charge in [-0.05, 0) is 17.0 Å². The highest BCUT2D eigenvalue weighted by Crippen LogP contribution is 2.29. The summed E-state index contributed by atoms with van der Waals surface area (Å²) in [6.07, 6.45) is -4.29. The summed E-state index contributed by atoms with van der Waals surface area (Å²) in [7, 11) is 0. The maximum atomic E-state index is 12.5. The first-order chi connectivity index (χ1) is 8.24. The molecule has 0 aliphatic rings. The molecular weight excluding hydrogens is 263 g/mol. The van der Waals surface area contributed by atoms with Gasteiger partial charge in [0.15, 0.2) is 0 Å². The van der Waals surface area contributed by atoms with Crippen molar-refractivity contribution in [2.75, 3.05) is 12.4 Å². The van der Waals surface area contributed by atoms with Crippen molar-refractivity contribution >= 4 is 11.6 Å². The number of halogens is 4. The Bertz CT molecular complexity index is 388. The van der Waals surface area contributed by atoms with Crippen LogP contribution in [-0.4, -0.2) is 12.4 Å². The van der Waals surface area contributed by atoms with Gasteiger partial charge in [-0.2, -0.15) is 13.2 Å². The molecule has 0 atom stereocenters. The highest BCUT2D eigenvalue weighted by molar-refractivity contribution is 6.18. The molecule has 0 unspecified atom stereocenters. The fourth-order valence-electron chi connectivity index (χ4n) is 1.45. The predicted octanol–water partition coefficient (Wildman–Crippen LogP) is 4.06. The molecule has 5 heteroatoms. The third kappa shape index (κ3) is 4.86. The van der Waals surface area contributed by atoms with Crippen molar-refractivity contribution in [3.05, 3.63) is 35.4 Å². The minimum atomic E-state index is -4.29. The quantitative estimate of drug-likeness (QED) is 0.802. The van der Waals surface area contributed by atoms with E-state index in [9.17, 15) is 13.2 Å². The predicted molar refractivity (Wildman–Crippen MR) is 67.7 cm³/mol. The Kier molecular flexibility index (Phi) is 5.05. The summed E-state index contributed by atoms with van der Waals surface area (Å²) in [5, 5.41) is 3.12. The van der Waals surface area contributed by atoms with E-state index in [1.807, 2.05) is 13.8 Å². The highest BCUT2D eigenvalue weighted by atomic mass is 35.5. The Hall–Kier alpha value is -0.740. The van der Waals surface area contributed by atoms with E-state index in [2.05, 4.69) is 5.32 Å². The first kappa shape index (κ1) is 15.3. The number of nitrogens with one attached hydrogen (secondary N) is 1. The van der Waals surface area contributed by atoms with Gasteiger partial charge in [0.2, 0.25) is 0 Å². The Morgan fingerprint density at radius 3 is 2.44 bits per heavy atom. The second-order valence-corrected chi connectivity index (χ2v) is 5.37. The highest BCUT2D eigenvalue weighted by Gasteiger charge is 2.30. The third-order valence-electron chi connectivity index (χ3n) is 2.55. The summed E-state index contributed by atoms with van der Waals surface area (Å²) in [5.41, 5.74) is -0.0583. The van der Waals surface area contributed by atoms with Gasteiger partial charge in [-0.15, -0.1) is 11.6 Å². The van der Waals surface area contributed by atoms with E-state index in [0.29, 0.717) is 24.5 Å². The number of rotatable bonds is 5. The fourth-order valence-corrected chi connectivity index (χ4v) is 1.54. The van der Waals surface area contributed by atoms with E-state index in [-0.39, 0.29) is 5.41 Å². The third-order valence-corrected chi connectivity index (χ3v) is 3.27. The van der Waals surface area contributed by atoms with Crippen LogP contribution in [0.15, 0.2) is 24.3 Å². The summed E-state index contributed by atoms with van der Waals surface area (Å²) < 4.78 is 37.5. The van der Waals surface area contributed by atoms with Crippen LogP contribution in [0.5, 0.6) is 0 Å². The lowest BCUT2D eigenvalue weighted by molar-refractivity contribution is -0.137. The second-order valence-electron chi connectivity index (χ2n) is 5.10. The van der Waals surface area contributed by atoms with Crippen molar-refractivity contribution in [1.29, 1.82) is 0 Å². The summed E-state index contributed by atoms with van der Waals surface area (Å²) in [4.78, 5) is 0. The fraction of sp³-hybridized carbons (Fsp3) is 0.538. The molecule has 0 radical (unpaired) electrons. The lowest BCUT2D eigenvalue weighted by atomic mass is 9.96. The van der Waals surface area contributed by atoms with Gasteiger partial charge in [0.25, 0.3) is 0 Å². The van der Waals surface area contributed by atoms with E-state index in [1.165, 1.54) is 12.1 Å². The summed E-state index contributed by atoms with van der Waals surface area (Å²) in [6, 6.07) is 5.34. The molecule has 0 saturated carbocycles. The molecule has 18 heavy (non-hydrogen) atoms. The molecule has 0 aromatic heterocycles. The SMILES string of the molecule is CC(C)(CCl)CNCc1cccc(C(F)(F)F)c1. The lowest BCUT2D eigenvalue weighted by Crippen LogP contribution is -2.30. The average Bonchev–Trinajstić information content (AvgIpc) is 2.28. The van der Waals surface area contributed by atoms with Crippen molar-refractivity contribution in [3.63, 3.8) is 0 Å². The van der Waals surface area contributed by atoms with E-state index in [1.54, 1.807) is 6.07 Å². The van der Waals surface area contributed by atoms with Gasteiger partial charge in [0.05, 0.1) is 5.56 Å². The van der Waals surface area contributed by atoms with Gasteiger partial charge in [0, 0.05) is 19.0 Å². The van der Waals surface area contributed by atoms with E-state index >= 15 is 0 Å². The summed E-state index contributed by atoms with van der Waals surface area (Å²) >= 11 is 5.77. The normalized spacial score (nSPS) is 12.8. The molecule has 0 heterocycles. The number of alkyl halides is 4. The van der Waals surface area contributed by atoms with Gasteiger partial charge >= 0.3 is 6.18 Å². The zero-order valence-electron chi connectivity index (χ0n) is 10.4. The molecule has 1 aromatic carbocycles. The van der Waals surface area contributed by atoms with Crippen LogP contribution in [0.3, 0.4) is 0 Å². The zero-order valence-corrected chi connectivity index (χ0v) is 11.2. The molecular formula is C13H17ClF3N. The van der Waals surface area contributed by atoms with Crippen LogP contribution >= 0.6 is 11.6 Å².